The van der Waals surface area contributed by atoms with Crippen molar-refractivity contribution in [2.75, 3.05) is 5.32 Å². The molecule has 7 rings (SSSR count). The van der Waals surface area contributed by atoms with Crippen molar-refractivity contribution in [3.05, 3.63) is 142 Å². The molecule has 0 aliphatic carbocycles. The number of carbonyl (C=O) groups excluding carboxylic acids is 3. The van der Waals surface area contributed by atoms with Gasteiger partial charge >= 0.3 is 0 Å². The fraction of sp³-hybridized carbons (Fsp3) is 0.216. The smallest absolute Gasteiger partial charge is 0.238 e. The first-order valence-corrected chi connectivity index (χ1v) is 14.6. The summed E-state index contributed by atoms with van der Waals surface area (Å²) in [7, 11) is 0. The molecular formula is C37H32N2O3. The first-order chi connectivity index (χ1) is 20.4. The molecule has 1 amide bonds. The molecule has 1 N–H and O–H groups in total. The van der Waals surface area contributed by atoms with Crippen molar-refractivity contribution in [1.29, 1.82) is 0 Å². The van der Waals surface area contributed by atoms with Crippen LogP contribution in [0.5, 0.6) is 0 Å². The van der Waals surface area contributed by atoms with Crippen LogP contribution in [0.1, 0.15) is 67.9 Å². The van der Waals surface area contributed by atoms with Crippen molar-refractivity contribution in [3.8, 4) is 0 Å². The van der Waals surface area contributed by atoms with E-state index in [0.29, 0.717) is 16.8 Å². The van der Waals surface area contributed by atoms with Crippen LogP contribution < -0.4 is 5.32 Å². The van der Waals surface area contributed by atoms with Crippen LogP contribution in [-0.4, -0.2) is 28.4 Å². The first kappa shape index (κ1) is 26.1. The van der Waals surface area contributed by atoms with Crippen molar-refractivity contribution in [2.24, 2.45) is 5.92 Å². The lowest BCUT2D eigenvalue weighted by atomic mass is 9.62. The second-order valence-corrected chi connectivity index (χ2v) is 11.6. The van der Waals surface area contributed by atoms with E-state index < -0.39 is 23.4 Å². The molecule has 3 aliphatic heterocycles. The Kier molecular flexibility index (Phi) is 6.19. The van der Waals surface area contributed by atoms with E-state index >= 15 is 0 Å². The molecule has 1 saturated heterocycles. The topological polar surface area (TPSA) is 66.5 Å². The molecule has 3 aliphatic rings. The first-order valence-electron chi connectivity index (χ1n) is 14.6. The maximum atomic E-state index is 14.9. The van der Waals surface area contributed by atoms with E-state index in [0.717, 1.165) is 40.7 Å². The van der Waals surface area contributed by atoms with E-state index in [1.807, 2.05) is 121 Å². The van der Waals surface area contributed by atoms with E-state index in [9.17, 15) is 14.4 Å². The van der Waals surface area contributed by atoms with Crippen molar-refractivity contribution in [1.82, 2.24) is 4.90 Å². The number of benzene rings is 4. The Hall–Kier alpha value is -4.77. The number of amides is 1. The van der Waals surface area contributed by atoms with Crippen molar-refractivity contribution < 1.29 is 14.4 Å². The Morgan fingerprint density at radius 2 is 1.50 bits per heavy atom. The highest BCUT2D eigenvalue weighted by molar-refractivity contribution is 6.16. The second-order valence-electron chi connectivity index (χ2n) is 11.6. The summed E-state index contributed by atoms with van der Waals surface area (Å²) in [4.78, 5) is 46.0. The quantitative estimate of drug-likeness (QED) is 0.264. The number of aryl methyl sites for hydroxylation is 2. The van der Waals surface area contributed by atoms with E-state index in [4.69, 9.17) is 0 Å². The zero-order valence-electron chi connectivity index (χ0n) is 23.7. The Morgan fingerprint density at radius 3 is 2.26 bits per heavy atom. The number of rotatable bonds is 6. The molecule has 0 unspecified atom stereocenters. The number of nitrogens with one attached hydrogen (secondary N) is 1. The molecule has 4 aromatic carbocycles. The molecule has 5 nitrogen and oxygen atoms in total. The van der Waals surface area contributed by atoms with Crippen molar-refractivity contribution >= 4 is 29.2 Å². The van der Waals surface area contributed by atoms with Gasteiger partial charge in [-0.1, -0.05) is 110 Å². The highest BCUT2D eigenvalue weighted by atomic mass is 16.2. The highest BCUT2D eigenvalue weighted by Crippen LogP contribution is 2.62. The molecule has 1 spiro atoms. The van der Waals surface area contributed by atoms with Crippen LogP contribution in [0, 0.1) is 12.8 Å². The van der Waals surface area contributed by atoms with Gasteiger partial charge in [0.1, 0.15) is 11.5 Å². The van der Waals surface area contributed by atoms with Gasteiger partial charge < -0.3 is 10.2 Å². The van der Waals surface area contributed by atoms with Crippen LogP contribution in [0.2, 0.25) is 0 Å². The largest absolute Gasteiger partial charge is 0.358 e. The molecule has 4 atom stereocenters. The van der Waals surface area contributed by atoms with Gasteiger partial charge in [0, 0.05) is 23.0 Å². The number of nitrogens with zero attached hydrogens (tertiary/aromatic N) is 1. The van der Waals surface area contributed by atoms with E-state index in [1.165, 1.54) is 0 Å². The van der Waals surface area contributed by atoms with Crippen LogP contribution >= 0.6 is 0 Å². The molecule has 4 aromatic rings. The molecule has 42 heavy (non-hydrogen) atoms. The third-order valence-corrected chi connectivity index (χ3v) is 9.23. The lowest BCUT2D eigenvalue weighted by molar-refractivity contribution is -0.122. The normalized spacial score (nSPS) is 23.3. The molecule has 208 valence electrons. The zero-order chi connectivity index (χ0) is 29.0. The van der Waals surface area contributed by atoms with Gasteiger partial charge in [0.25, 0.3) is 0 Å². The summed E-state index contributed by atoms with van der Waals surface area (Å²) in [6, 6.07) is 29.3. The standard InChI is InChI=1S/C37H32N2O3/c1-3-8-24-15-19-26(20-16-24)33(40)31-32(34(41)27-17-13-23(2)14-18-27)39-22-21-25-9-4-5-10-28(25)35(39)37(31)29-11-6-7-12-30(29)38-36(37)42/h4-7,9-22,31-32,35H,3,8H2,1-2H3,(H,38,42)/t31-,32+,35+,37+/m0/s1. The molecule has 1 fully saturated rings. The average Bonchev–Trinajstić information content (AvgIpc) is 3.49. The van der Waals surface area contributed by atoms with Crippen LogP contribution in [0.4, 0.5) is 5.69 Å². The summed E-state index contributed by atoms with van der Waals surface area (Å²) in [6.45, 7) is 4.10. The monoisotopic (exact) mass is 552 g/mol. The van der Waals surface area contributed by atoms with Gasteiger partial charge in [0.2, 0.25) is 5.91 Å². The fourth-order valence-corrected chi connectivity index (χ4v) is 7.36. The molecule has 5 heteroatoms. The van der Waals surface area contributed by atoms with Crippen LogP contribution in [0.15, 0.2) is 103 Å². The van der Waals surface area contributed by atoms with E-state index in [1.54, 1.807) is 0 Å². The SMILES string of the molecule is CCCc1ccc(C(=O)[C@@H]2[C@H](C(=O)c3ccc(C)cc3)N3C=Cc4ccccc4[C@@H]3[C@]23C(=O)Nc2ccccc23)cc1. The number of carbonyl (C=O) groups is 3. The van der Waals surface area contributed by atoms with Gasteiger partial charge in [-0.25, -0.2) is 0 Å². The number of fused-ring (bicyclic) bond motifs is 6. The molecule has 0 radical (unpaired) electrons. The van der Waals surface area contributed by atoms with Crippen molar-refractivity contribution in [3.63, 3.8) is 0 Å². The van der Waals surface area contributed by atoms with E-state index in [-0.39, 0.29) is 17.5 Å². The second kappa shape index (κ2) is 9.95. The third-order valence-electron chi connectivity index (χ3n) is 9.23. The average molecular weight is 553 g/mol. The molecule has 0 bridgehead atoms. The number of para-hydroxylation sites is 1. The maximum absolute atomic E-state index is 14.9. The van der Waals surface area contributed by atoms with Gasteiger partial charge in [-0.2, -0.15) is 0 Å². The van der Waals surface area contributed by atoms with Gasteiger partial charge in [-0.05, 0) is 47.7 Å². The summed E-state index contributed by atoms with van der Waals surface area (Å²) in [6.07, 6.45) is 5.83. The number of ketones is 2. The zero-order valence-corrected chi connectivity index (χ0v) is 23.7. The number of anilines is 1. The fourth-order valence-electron chi connectivity index (χ4n) is 7.36. The van der Waals surface area contributed by atoms with Crippen LogP contribution in [0.25, 0.3) is 6.08 Å². The number of hydrogen-bond acceptors (Lipinski definition) is 4. The predicted molar refractivity (Wildman–Crippen MR) is 164 cm³/mol. The van der Waals surface area contributed by atoms with Crippen LogP contribution in [-0.2, 0) is 16.6 Å². The Bertz CT molecular complexity index is 1750. The number of hydrogen-bond donors (Lipinski definition) is 1. The molecule has 3 heterocycles. The summed E-state index contributed by atoms with van der Waals surface area (Å²) in [5, 5.41) is 3.11. The highest BCUT2D eigenvalue weighted by Gasteiger charge is 2.70. The minimum atomic E-state index is -1.32. The molecule has 0 saturated carbocycles. The summed E-state index contributed by atoms with van der Waals surface area (Å²) < 4.78 is 0. The van der Waals surface area contributed by atoms with Crippen molar-refractivity contribution in [2.45, 2.75) is 44.2 Å². The van der Waals surface area contributed by atoms with Gasteiger partial charge in [-0.3, -0.25) is 14.4 Å². The Balaban J connectivity index is 1.50. The minimum absolute atomic E-state index is 0.168. The number of Topliss-reactive ketones (excluding diaryl/α,β-unsaturated/α-hetero) is 2. The van der Waals surface area contributed by atoms with E-state index in [2.05, 4.69) is 12.2 Å². The maximum Gasteiger partial charge on any atom is 0.238 e. The van der Waals surface area contributed by atoms with Gasteiger partial charge in [0.05, 0.1) is 12.0 Å². The summed E-state index contributed by atoms with van der Waals surface area (Å²) >= 11 is 0. The summed E-state index contributed by atoms with van der Waals surface area (Å²) in [5.74, 6) is -1.58. The third kappa shape index (κ3) is 3.73. The van der Waals surface area contributed by atoms with Crippen LogP contribution in [0.3, 0.4) is 0 Å². The predicted octanol–water partition coefficient (Wildman–Crippen LogP) is 6.93. The van der Waals surface area contributed by atoms with Gasteiger partial charge in [-0.15, -0.1) is 0 Å². The Morgan fingerprint density at radius 1 is 0.833 bits per heavy atom. The lowest BCUT2D eigenvalue weighted by Gasteiger charge is -2.38. The Labute approximate surface area is 245 Å². The molecular weight excluding hydrogens is 520 g/mol. The minimum Gasteiger partial charge on any atom is -0.358 e. The summed E-state index contributed by atoms with van der Waals surface area (Å²) in [5.41, 5.74) is 5.28. The van der Waals surface area contributed by atoms with Gasteiger partial charge in [0.15, 0.2) is 11.6 Å². The lowest BCUT2D eigenvalue weighted by Crippen LogP contribution is -2.49. The molecule has 0 aromatic heterocycles.